The summed E-state index contributed by atoms with van der Waals surface area (Å²) in [5.41, 5.74) is 9.92. The third-order valence-electron chi connectivity index (χ3n) is 6.59. The lowest BCUT2D eigenvalue weighted by Gasteiger charge is -2.35. The lowest BCUT2D eigenvalue weighted by molar-refractivity contribution is -0.125. The Morgan fingerprint density at radius 3 is 2.43 bits per heavy atom. The second kappa shape index (κ2) is 10.6. The summed E-state index contributed by atoms with van der Waals surface area (Å²) in [6, 6.07) is 24.3. The molecule has 0 atom stereocenters. The molecule has 0 saturated carbocycles. The Labute approximate surface area is 215 Å². The van der Waals surface area contributed by atoms with E-state index in [0.717, 1.165) is 18.4 Å². The molecule has 3 aromatic rings. The molecule has 5 rings (SSSR count). The van der Waals surface area contributed by atoms with E-state index in [-0.39, 0.29) is 24.2 Å². The molecule has 4 N–H and O–H groups in total. The summed E-state index contributed by atoms with van der Waals surface area (Å²) in [5.74, 6) is -0.0179. The average molecular weight is 496 g/mol. The maximum absolute atomic E-state index is 13.5. The monoisotopic (exact) mass is 495 g/mol. The number of hydrogen-bond donors (Lipinski definition) is 3. The highest BCUT2D eigenvalue weighted by Gasteiger charge is 2.38. The number of aryl methyl sites for hydroxylation is 1. The number of nitrogens with one attached hydrogen (secondary N) is 1. The first kappa shape index (κ1) is 24.1. The number of para-hydroxylation sites is 2. The maximum Gasteiger partial charge on any atom is 0.262 e. The number of rotatable bonds is 8. The number of nitrogens with two attached hydrogens (primary N) is 1. The van der Waals surface area contributed by atoms with Gasteiger partial charge in [0.25, 0.3) is 11.8 Å². The van der Waals surface area contributed by atoms with Gasteiger partial charge in [0.2, 0.25) is 11.8 Å². The van der Waals surface area contributed by atoms with Gasteiger partial charge < -0.3 is 16.2 Å². The van der Waals surface area contributed by atoms with Crippen LogP contribution >= 0.6 is 0 Å². The van der Waals surface area contributed by atoms with Gasteiger partial charge in [-0.3, -0.25) is 24.4 Å². The van der Waals surface area contributed by atoms with E-state index >= 15 is 0 Å². The minimum atomic E-state index is -0.265. The van der Waals surface area contributed by atoms with Crippen molar-refractivity contribution in [3.8, 4) is 0 Å². The van der Waals surface area contributed by atoms with Crippen molar-refractivity contribution in [2.75, 3.05) is 24.1 Å². The molecule has 2 heterocycles. The fraction of sp³-hybridized carbons (Fsp3) is 0.207. The molecule has 0 aliphatic carbocycles. The second-order valence-corrected chi connectivity index (χ2v) is 9.10. The Kier molecular flexibility index (Phi) is 6.89. The molecule has 8 heteroatoms. The standard InChI is InChI=1S/C29H29N5O3/c30-24-11-4-5-12-25(24)32-26(35)22-15-13-21(14-16-22)19-34-28(37)23(27(36)33-18-17-31-29(33)34)10-6-9-20-7-2-1-3-8-20/h1-5,7-8,11-16,36H,6,9-10,17-19,30H2,(H,32,35). The van der Waals surface area contributed by atoms with Crippen molar-refractivity contribution in [1.29, 1.82) is 0 Å². The smallest absolute Gasteiger partial charge is 0.262 e. The van der Waals surface area contributed by atoms with Crippen LogP contribution in [0.3, 0.4) is 0 Å². The van der Waals surface area contributed by atoms with Crippen molar-refractivity contribution in [2.24, 2.45) is 4.99 Å². The van der Waals surface area contributed by atoms with Crippen molar-refractivity contribution >= 4 is 29.1 Å². The molecule has 0 radical (unpaired) electrons. The molecule has 8 nitrogen and oxygen atoms in total. The van der Waals surface area contributed by atoms with Crippen LogP contribution in [0.25, 0.3) is 0 Å². The summed E-state index contributed by atoms with van der Waals surface area (Å²) in [6.45, 7) is 1.34. The third-order valence-corrected chi connectivity index (χ3v) is 6.59. The first-order valence-corrected chi connectivity index (χ1v) is 12.4. The van der Waals surface area contributed by atoms with E-state index in [1.807, 2.05) is 36.4 Å². The predicted molar refractivity (Wildman–Crippen MR) is 144 cm³/mol. The molecule has 0 saturated heterocycles. The number of carbonyl (C=O) groups excluding carboxylic acids is 2. The van der Waals surface area contributed by atoms with Crippen LogP contribution in [0.2, 0.25) is 0 Å². The van der Waals surface area contributed by atoms with Crippen molar-refractivity contribution < 1.29 is 14.7 Å². The van der Waals surface area contributed by atoms with Crippen molar-refractivity contribution in [2.45, 2.75) is 25.8 Å². The number of amides is 2. The molecule has 2 aliphatic rings. The van der Waals surface area contributed by atoms with Crippen LogP contribution in [-0.2, 0) is 17.8 Å². The second-order valence-electron chi connectivity index (χ2n) is 9.10. The molecule has 0 fully saturated rings. The summed E-state index contributed by atoms with van der Waals surface area (Å²) in [6.07, 6.45) is 2.05. The minimum Gasteiger partial charge on any atom is -0.494 e. The van der Waals surface area contributed by atoms with Gasteiger partial charge in [-0.25, -0.2) is 0 Å². The van der Waals surface area contributed by atoms with Crippen molar-refractivity contribution in [3.05, 3.63) is 107 Å². The average Bonchev–Trinajstić information content (AvgIpc) is 3.41. The van der Waals surface area contributed by atoms with Gasteiger partial charge in [-0.1, -0.05) is 54.6 Å². The van der Waals surface area contributed by atoms with E-state index in [0.29, 0.717) is 48.0 Å². The van der Waals surface area contributed by atoms with Crippen LogP contribution in [0.4, 0.5) is 11.4 Å². The summed E-state index contributed by atoms with van der Waals surface area (Å²) in [5, 5.41) is 13.7. The number of fused-ring (bicyclic) bond motifs is 1. The number of aliphatic hydroxyl groups excluding tert-OH is 1. The lowest BCUT2D eigenvalue weighted by atomic mass is 10.0. The first-order valence-electron chi connectivity index (χ1n) is 12.4. The Balaban J connectivity index is 1.28. The van der Waals surface area contributed by atoms with Crippen LogP contribution in [0.5, 0.6) is 0 Å². The molecule has 0 aromatic heterocycles. The van der Waals surface area contributed by atoms with Crippen molar-refractivity contribution in [3.63, 3.8) is 0 Å². The number of carbonyl (C=O) groups is 2. The maximum atomic E-state index is 13.5. The van der Waals surface area contributed by atoms with E-state index < -0.39 is 0 Å². The summed E-state index contributed by atoms with van der Waals surface area (Å²) >= 11 is 0. The summed E-state index contributed by atoms with van der Waals surface area (Å²) in [7, 11) is 0. The van der Waals surface area contributed by atoms with Gasteiger partial charge in [-0.15, -0.1) is 0 Å². The molecular weight excluding hydrogens is 466 g/mol. The zero-order valence-corrected chi connectivity index (χ0v) is 20.4. The molecule has 188 valence electrons. The Hall–Kier alpha value is -4.59. The molecular formula is C29H29N5O3. The topological polar surface area (TPSA) is 111 Å². The first-order chi connectivity index (χ1) is 18.0. The number of aliphatic imine (C=N–C) groups is 1. The van der Waals surface area contributed by atoms with Gasteiger partial charge in [-0.2, -0.15) is 0 Å². The van der Waals surface area contributed by atoms with E-state index in [2.05, 4.69) is 22.4 Å². The van der Waals surface area contributed by atoms with Crippen LogP contribution in [0.1, 0.15) is 34.3 Å². The molecule has 0 unspecified atom stereocenters. The van der Waals surface area contributed by atoms with E-state index in [1.165, 1.54) is 5.56 Å². The van der Waals surface area contributed by atoms with E-state index in [1.54, 1.807) is 40.1 Å². The third kappa shape index (κ3) is 5.18. The van der Waals surface area contributed by atoms with Gasteiger partial charge in [0, 0.05) is 12.1 Å². The molecule has 3 aromatic carbocycles. The van der Waals surface area contributed by atoms with Gasteiger partial charge in [0.15, 0.2) is 0 Å². The van der Waals surface area contributed by atoms with Crippen molar-refractivity contribution in [1.82, 2.24) is 9.80 Å². The number of anilines is 2. The molecule has 0 bridgehead atoms. The largest absolute Gasteiger partial charge is 0.494 e. The highest BCUT2D eigenvalue weighted by atomic mass is 16.3. The Morgan fingerprint density at radius 1 is 0.946 bits per heavy atom. The summed E-state index contributed by atoms with van der Waals surface area (Å²) < 4.78 is 0. The quantitative estimate of drug-likeness (QED) is 0.403. The fourth-order valence-electron chi connectivity index (χ4n) is 4.60. The SMILES string of the molecule is Nc1ccccc1NC(=O)c1ccc(CN2C(=O)C(CCCc3ccccc3)=C(O)N3CCN=C23)cc1. The normalized spacial score (nSPS) is 15.0. The number of nitrogen functional groups attached to an aromatic ring is 1. The zero-order valence-electron chi connectivity index (χ0n) is 20.4. The molecule has 2 aliphatic heterocycles. The predicted octanol–water partition coefficient (Wildman–Crippen LogP) is 4.33. The van der Waals surface area contributed by atoms with Crippen LogP contribution in [0, 0.1) is 0 Å². The fourth-order valence-corrected chi connectivity index (χ4v) is 4.60. The number of hydrogen-bond acceptors (Lipinski definition) is 6. The number of nitrogens with zero attached hydrogens (tertiary/aromatic N) is 3. The van der Waals surface area contributed by atoms with Gasteiger partial charge in [0.05, 0.1) is 30.0 Å². The Morgan fingerprint density at radius 2 is 1.68 bits per heavy atom. The molecule has 37 heavy (non-hydrogen) atoms. The van der Waals surface area contributed by atoms with E-state index in [9.17, 15) is 14.7 Å². The van der Waals surface area contributed by atoms with Gasteiger partial charge >= 0.3 is 0 Å². The number of benzene rings is 3. The van der Waals surface area contributed by atoms with Gasteiger partial charge in [-0.05, 0) is 54.7 Å². The number of guanidine groups is 1. The zero-order chi connectivity index (χ0) is 25.8. The highest BCUT2D eigenvalue weighted by molar-refractivity contribution is 6.09. The Bertz CT molecular complexity index is 1370. The summed E-state index contributed by atoms with van der Waals surface area (Å²) in [4.78, 5) is 33.9. The highest BCUT2D eigenvalue weighted by Crippen LogP contribution is 2.28. The van der Waals surface area contributed by atoms with Crippen LogP contribution < -0.4 is 11.1 Å². The number of aliphatic hydroxyl groups is 1. The van der Waals surface area contributed by atoms with Crippen LogP contribution in [0.15, 0.2) is 95.3 Å². The van der Waals surface area contributed by atoms with Crippen LogP contribution in [-0.4, -0.2) is 45.8 Å². The lowest BCUT2D eigenvalue weighted by Crippen LogP contribution is -2.50. The molecule has 2 amide bonds. The van der Waals surface area contributed by atoms with Gasteiger partial charge in [0.1, 0.15) is 0 Å². The molecule has 0 spiro atoms. The minimum absolute atomic E-state index is 0.0118. The van der Waals surface area contributed by atoms with E-state index in [4.69, 9.17) is 5.73 Å².